The van der Waals surface area contributed by atoms with Gasteiger partial charge in [-0.2, -0.15) is 0 Å². The number of nitrogens with zero attached hydrogens (tertiary/aromatic N) is 2. The van der Waals surface area contributed by atoms with Crippen LogP contribution in [0.15, 0.2) is 35.1 Å². The van der Waals surface area contributed by atoms with Crippen molar-refractivity contribution in [2.75, 3.05) is 45.9 Å². The van der Waals surface area contributed by atoms with Gasteiger partial charge in [0, 0.05) is 38.1 Å². The summed E-state index contributed by atoms with van der Waals surface area (Å²) in [5, 5.41) is 1.41. The summed E-state index contributed by atoms with van der Waals surface area (Å²) in [4.78, 5) is 32.6. The summed E-state index contributed by atoms with van der Waals surface area (Å²) in [6, 6.07) is 9.18. The number of morpholine rings is 1. The molecule has 1 fully saturated rings. The first-order chi connectivity index (χ1) is 13.7. The first-order valence-corrected chi connectivity index (χ1v) is 10.4. The van der Waals surface area contributed by atoms with Gasteiger partial charge in [-0.3, -0.25) is 14.5 Å². The zero-order valence-electron chi connectivity index (χ0n) is 16.8. The first-order valence-electron chi connectivity index (χ1n) is 10.4. The molecule has 152 valence electrons. The highest BCUT2D eigenvalue weighted by molar-refractivity contribution is 5.96. The van der Waals surface area contributed by atoms with Crippen molar-refractivity contribution in [1.29, 1.82) is 0 Å². The van der Waals surface area contributed by atoms with Gasteiger partial charge in [-0.1, -0.05) is 44.4 Å². The van der Waals surface area contributed by atoms with E-state index in [-0.39, 0.29) is 11.5 Å². The van der Waals surface area contributed by atoms with Crippen molar-refractivity contribution in [2.24, 2.45) is 0 Å². The highest BCUT2D eigenvalue weighted by atomic mass is 16.5. The molecule has 0 atom stereocenters. The summed E-state index contributed by atoms with van der Waals surface area (Å²) >= 11 is 0. The average Bonchev–Trinajstić information content (AvgIpc) is 2.73. The van der Waals surface area contributed by atoms with Gasteiger partial charge < -0.3 is 14.6 Å². The number of hydrogen-bond donors (Lipinski definition) is 1. The Kier molecular flexibility index (Phi) is 7.62. The predicted molar refractivity (Wildman–Crippen MR) is 112 cm³/mol. The van der Waals surface area contributed by atoms with Gasteiger partial charge in [0.2, 0.25) is 0 Å². The molecule has 0 spiro atoms. The quantitative estimate of drug-likeness (QED) is 0.674. The number of carbonyl (C=O) groups excluding carboxylic acids is 1. The third-order valence-corrected chi connectivity index (χ3v) is 5.34. The molecule has 1 aliphatic heterocycles. The number of aromatic nitrogens is 1. The molecule has 1 aromatic carbocycles. The maximum atomic E-state index is 13.2. The van der Waals surface area contributed by atoms with Gasteiger partial charge in [0.05, 0.1) is 13.2 Å². The second-order valence-corrected chi connectivity index (χ2v) is 7.41. The molecule has 1 N–H and O–H groups in total. The van der Waals surface area contributed by atoms with Crippen LogP contribution in [-0.2, 0) is 4.74 Å². The third kappa shape index (κ3) is 5.42. The van der Waals surface area contributed by atoms with Crippen molar-refractivity contribution in [2.45, 2.75) is 32.6 Å². The van der Waals surface area contributed by atoms with Gasteiger partial charge in [-0.15, -0.1) is 0 Å². The average molecular weight is 386 g/mol. The topological polar surface area (TPSA) is 65.6 Å². The lowest BCUT2D eigenvalue weighted by Gasteiger charge is -2.30. The van der Waals surface area contributed by atoms with E-state index < -0.39 is 0 Å². The number of fused-ring (bicyclic) bond motifs is 1. The number of rotatable bonds is 9. The molecule has 6 nitrogen and oxygen atoms in total. The lowest BCUT2D eigenvalue weighted by molar-refractivity contribution is 0.0323. The van der Waals surface area contributed by atoms with Crippen LogP contribution >= 0.6 is 0 Å². The fraction of sp³-hybridized carbons (Fsp3) is 0.545. The molecule has 0 saturated carbocycles. The molecule has 1 saturated heterocycles. The van der Waals surface area contributed by atoms with E-state index >= 15 is 0 Å². The van der Waals surface area contributed by atoms with E-state index in [1.165, 1.54) is 12.8 Å². The van der Waals surface area contributed by atoms with E-state index in [4.69, 9.17) is 4.74 Å². The Balaban J connectivity index is 1.73. The molecule has 2 aromatic rings. The van der Waals surface area contributed by atoms with E-state index in [0.717, 1.165) is 57.6 Å². The second kappa shape index (κ2) is 10.4. The van der Waals surface area contributed by atoms with E-state index in [1.54, 1.807) is 12.1 Å². The summed E-state index contributed by atoms with van der Waals surface area (Å²) in [6.07, 6.45) is 4.45. The van der Waals surface area contributed by atoms with Gasteiger partial charge in [0.25, 0.3) is 11.5 Å². The van der Waals surface area contributed by atoms with Crippen molar-refractivity contribution in [3.8, 4) is 0 Å². The van der Waals surface area contributed by atoms with Gasteiger partial charge >= 0.3 is 0 Å². The first kappa shape index (κ1) is 20.6. The van der Waals surface area contributed by atoms with Crippen LogP contribution in [0.3, 0.4) is 0 Å². The smallest absolute Gasteiger partial charge is 0.270 e. The molecule has 1 aromatic heterocycles. The van der Waals surface area contributed by atoms with Crippen LogP contribution in [0.25, 0.3) is 10.8 Å². The number of carbonyl (C=O) groups is 1. The maximum Gasteiger partial charge on any atom is 0.270 e. The molecule has 2 heterocycles. The minimum Gasteiger partial charge on any atom is -0.379 e. The lowest BCUT2D eigenvalue weighted by Crippen LogP contribution is -2.43. The van der Waals surface area contributed by atoms with Crippen LogP contribution in [-0.4, -0.2) is 66.6 Å². The number of pyridine rings is 1. The van der Waals surface area contributed by atoms with Crippen molar-refractivity contribution in [3.63, 3.8) is 0 Å². The highest BCUT2D eigenvalue weighted by Crippen LogP contribution is 2.12. The van der Waals surface area contributed by atoms with Gasteiger partial charge in [0.1, 0.15) is 5.69 Å². The van der Waals surface area contributed by atoms with Gasteiger partial charge in [0.15, 0.2) is 0 Å². The van der Waals surface area contributed by atoms with Crippen LogP contribution in [0.1, 0.15) is 43.1 Å². The normalized spacial score (nSPS) is 15.0. The summed E-state index contributed by atoms with van der Waals surface area (Å²) in [6.45, 7) is 7.72. The standard InChI is InChI=1S/C22H31N3O3/c1-2-3-4-7-10-25(12-11-24-13-15-28-16-14-24)22(27)20-17-18-8-5-6-9-19(18)21(26)23-20/h5-6,8-9,17H,2-4,7,10-16H2,1H3,(H,23,26). The molecule has 1 aliphatic rings. The maximum absolute atomic E-state index is 13.2. The molecule has 28 heavy (non-hydrogen) atoms. The monoisotopic (exact) mass is 385 g/mol. The minimum absolute atomic E-state index is 0.0902. The number of ether oxygens (including phenoxy) is 1. The Morgan fingerprint density at radius 2 is 1.93 bits per heavy atom. The van der Waals surface area contributed by atoms with Crippen molar-refractivity contribution in [1.82, 2.24) is 14.8 Å². The van der Waals surface area contributed by atoms with Crippen molar-refractivity contribution >= 4 is 16.7 Å². The number of unbranched alkanes of at least 4 members (excludes halogenated alkanes) is 3. The number of nitrogens with one attached hydrogen (secondary N) is 1. The van der Waals surface area contributed by atoms with E-state index in [2.05, 4.69) is 16.8 Å². The highest BCUT2D eigenvalue weighted by Gasteiger charge is 2.19. The van der Waals surface area contributed by atoms with E-state index in [9.17, 15) is 9.59 Å². The Morgan fingerprint density at radius 1 is 1.14 bits per heavy atom. The fourth-order valence-electron chi connectivity index (χ4n) is 3.63. The number of amides is 1. The predicted octanol–water partition coefficient (Wildman–Crippen LogP) is 2.88. The fourth-order valence-corrected chi connectivity index (χ4v) is 3.63. The van der Waals surface area contributed by atoms with E-state index in [0.29, 0.717) is 17.6 Å². The zero-order valence-corrected chi connectivity index (χ0v) is 16.8. The van der Waals surface area contributed by atoms with Crippen molar-refractivity contribution in [3.05, 3.63) is 46.4 Å². The molecule has 1 amide bonds. The Labute approximate surface area is 166 Å². The van der Waals surface area contributed by atoms with Crippen LogP contribution in [0, 0.1) is 0 Å². The number of H-pyrrole nitrogens is 1. The Bertz CT molecular complexity index is 827. The summed E-state index contributed by atoms with van der Waals surface area (Å²) in [5.74, 6) is -0.0902. The zero-order chi connectivity index (χ0) is 19.8. The SMILES string of the molecule is CCCCCCN(CCN1CCOCC1)C(=O)c1cc2ccccc2c(=O)[nH]1. The Hall–Kier alpha value is -2.18. The molecule has 0 bridgehead atoms. The van der Waals surface area contributed by atoms with Crippen LogP contribution in [0.2, 0.25) is 0 Å². The third-order valence-electron chi connectivity index (χ3n) is 5.34. The molecule has 0 radical (unpaired) electrons. The van der Waals surface area contributed by atoms with Crippen LogP contribution in [0.5, 0.6) is 0 Å². The molecule has 0 aliphatic carbocycles. The van der Waals surface area contributed by atoms with Crippen LogP contribution < -0.4 is 5.56 Å². The summed E-state index contributed by atoms with van der Waals surface area (Å²) < 4.78 is 5.41. The molecular formula is C22H31N3O3. The molecular weight excluding hydrogens is 354 g/mol. The minimum atomic E-state index is -0.208. The number of benzene rings is 1. The van der Waals surface area contributed by atoms with Crippen molar-refractivity contribution < 1.29 is 9.53 Å². The second-order valence-electron chi connectivity index (χ2n) is 7.41. The summed E-state index contributed by atoms with van der Waals surface area (Å²) in [5.41, 5.74) is 0.168. The van der Waals surface area contributed by atoms with Gasteiger partial charge in [-0.25, -0.2) is 0 Å². The Morgan fingerprint density at radius 3 is 2.71 bits per heavy atom. The summed E-state index contributed by atoms with van der Waals surface area (Å²) in [7, 11) is 0. The van der Waals surface area contributed by atoms with E-state index in [1.807, 2.05) is 23.1 Å². The van der Waals surface area contributed by atoms with Gasteiger partial charge in [-0.05, 0) is 23.9 Å². The molecule has 3 rings (SSSR count). The lowest BCUT2D eigenvalue weighted by atomic mass is 10.1. The molecule has 0 unspecified atom stereocenters. The largest absolute Gasteiger partial charge is 0.379 e. The number of aromatic amines is 1. The molecule has 6 heteroatoms. The van der Waals surface area contributed by atoms with Crippen LogP contribution in [0.4, 0.5) is 0 Å². The number of hydrogen-bond acceptors (Lipinski definition) is 4.